The summed E-state index contributed by atoms with van der Waals surface area (Å²) in [4.78, 5) is 0. The Bertz CT molecular complexity index is 128. The predicted octanol–water partition coefficient (Wildman–Crippen LogP) is 2.55. The lowest BCUT2D eigenvalue weighted by Gasteiger charge is -2.45. The summed E-state index contributed by atoms with van der Waals surface area (Å²) in [5, 5.41) is 0.723. The van der Waals surface area contributed by atoms with E-state index in [1.54, 1.807) is 0 Å². The van der Waals surface area contributed by atoms with Gasteiger partial charge in [0.15, 0.2) is 0 Å². The lowest BCUT2D eigenvalue weighted by molar-refractivity contribution is -0.0288. The molecule has 1 aliphatic rings. The van der Waals surface area contributed by atoms with E-state index >= 15 is 0 Å². The van der Waals surface area contributed by atoms with Crippen molar-refractivity contribution in [1.82, 2.24) is 0 Å². The maximum absolute atomic E-state index is 5.28. The van der Waals surface area contributed by atoms with Crippen LogP contribution in [0.25, 0.3) is 0 Å². The molecule has 0 aromatic carbocycles. The first-order valence-corrected chi connectivity index (χ1v) is 5.20. The summed E-state index contributed by atoms with van der Waals surface area (Å²) >= 11 is 2.07. The molecule has 1 rings (SSSR count). The number of thioether (sulfide) groups is 1. The van der Waals surface area contributed by atoms with Crippen LogP contribution in [0.1, 0.15) is 27.7 Å². The number of ether oxygens (including phenoxy) is 1. The van der Waals surface area contributed by atoms with Crippen LogP contribution in [0.4, 0.5) is 0 Å². The molecule has 1 nitrogen and oxygen atoms in total. The fraction of sp³-hybridized carbons (Fsp3) is 1.00. The van der Waals surface area contributed by atoms with E-state index in [4.69, 9.17) is 4.74 Å². The van der Waals surface area contributed by atoms with Gasteiger partial charge in [0.25, 0.3) is 0 Å². The second-order valence-corrected chi connectivity index (χ2v) is 5.87. The standard InChI is InChI=1S/C9H18OS/c1-7(2)9(5-10-6-9)11-8(3)4/h7-8H,5-6H2,1-4H3. The van der Waals surface area contributed by atoms with Crippen LogP contribution in [0, 0.1) is 5.92 Å². The minimum Gasteiger partial charge on any atom is -0.378 e. The van der Waals surface area contributed by atoms with Crippen LogP contribution >= 0.6 is 11.8 Å². The maximum Gasteiger partial charge on any atom is 0.0651 e. The van der Waals surface area contributed by atoms with E-state index in [0.29, 0.717) is 4.75 Å². The highest BCUT2D eigenvalue weighted by molar-refractivity contribution is 8.01. The first-order valence-electron chi connectivity index (χ1n) is 4.32. The summed E-state index contributed by atoms with van der Waals surface area (Å²) in [6, 6.07) is 0. The lowest BCUT2D eigenvalue weighted by atomic mass is 9.93. The molecule has 66 valence electrons. The van der Waals surface area contributed by atoms with Crippen LogP contribution in [-0.4, -0.2) is 23.2 Å². The number of hydrogen-bond acceptors (Lipinski definition) is 2. The predicted molar refractivity (Wildman–Crippen MR) is 51.1 cm³/mol. The molecular formula is C9H18OS. The van der Waals surface area contributed by atoms with Crippen molar-refractivity contribution >= 4 is 11.8 Å². The smallest absolute Gasteiger partial charge is 0.0651 e. The van der Waals surface area contributed by atoms with Gasteiger partial charge < -0.3 is 4.74 Å². The minimum absolute atomic E-state index is 0.439. The van der Waals surface area contributed by atoms with Crippen molar-refractivity contribution in [3.63, 3.8) is 0 Å². The maximum atomic E-state index is 5.28. The largest absolute Gasteiger partial charge is 0.378 e. The van der Waals surface area contributed by atoms with Gasteiger partial charge in [-0.2, -0.15) is 0 Å². The molecule has 11 heavy (non-hydrogen) atoms. The zero-order chi connectivity index (χ0) is 8.48. The van der Waals surface area contributed by atoms with Crippen molar-refractivity contribution in [2.45, 2.75) is 37.7 Å². The third-order valence-electron chi connectivity index (χ3n) is 2.22. The van der Waals surface area contributed by atoms with E-state index in [9.17, 15) is 0 Å². The average molecular weight is 174 g/mol. The molecule has 0 radical (unpaired) electrons. The first kappa shape index (κ1) is 9.40. The Balaban J connectivity index is 2.47. The van der Waals surface area contributed by atoms with Gasteiger partial charge in [-0.1, -0.05) is 27.7 Å². The third-order valence-corrected chi connectivity index (χ3v) is 3.86. The zero-order valence-corrected chi connectivity index (χ0v) is 8.70. The molecule has 0 spiro atoms. The Morgan fingerprint density at radius 3 is 1.82 bits per heavy atom. The van der Waals surface area contributed by atoms with Crippen molar-refractivity contribution in [3.8, 4) is 0 Å². The molecule has 1 heterocycles. The summed E-state index contributed by atoms with van der Waals surface area (Å²) < 4.78 is 5.72. The lowest BCUT2D eigenvalue weighted by Crippen LogP contribution is -2.51. The highest BCUT2D eigenvalue weighted by Gasteiger charge is 2.42. The summed E-state index contributed by atoms with van der Waals surface area (Å²) in [7, 11) is 0. The van der Waals surface area contributed by atoms with Gasteiger partial charge in [0.05, 0.1) is 18.0 Å². The van der Waals surface area contributed by atoms with Crippen molar-refractivity contribution < 1.29 is 4.74 Å². The Morgan fingerprint density at radius 1 is 1.18 bits per heavy atom. The van der Waals surface area contributed by atoms with Crippen LogP contribution < -0.4 is 0 Å². The average Bonchev–Trinajstić information content (AvgIpc) is 1.77. The molecule has 0 aromatic heterocycles. The van der Waals surface area contributed by atoms with Gasteiger partial charge in [-0.25, -0.2) is 0 Å². The van der Waals surface area contributed by atoms with Gasteiger partial charge in [0.2, 0.25) is 0 Å². The highest BCUT2D eigenvalue weighted by Crippen LogP contribution is 2.41. The van der Waals surface area contributed by atoms with Crippen LogP contribution in [0.3, 0.4) is 0 Å². The summed E-state index contributed by atoms with van der Waals surface area (Å²) in [6.45, 7) is 11.0. The van der Waals surface area contributed by atoms with Crippen LogP contribution in [0.2, 0.25) is 0 Å². The van der Waals surface area contributed by atoms with Crippen molar-refractivity contribution in [1.29, 1.82) is 0 Å². The van der Waals surface area contributed by atoms with Crippen molar-refractivity contribution in [2.24, 2.45) is 5.92 Å². The van der Waals surface area contributed by atoms with Gasteiger partial charge in [-0.3, -0.25) is 0 Å². The Labute approximate surface area is 73.9 Å². The quantitative estimate of drug-likeness (QED) is 0.650. The molecule has 0 aromatic rings. The van der Waals surface area contributed by atoms with Crippen molar-refractivity contribution in [2.75, 3.05) is 13.2 Å². The minimum atomic E-state index is 0.439. The van der Waals surface area contributed by atoms with Gasteiger partial charge in [0, 0.05) is 0 Å². The third kappa shape index (κ3) is 1.91. The van der Waals surface area contributed by atoms with E-state index in [1.807, 2.05) is 0 Å². The Kier molecular flexibility index (Phi) is 2.87. The molecule has 0 atom stereocenters. The topological polar surface area (TPSA) is 9.23 Å². The van der Waals surface area contributed by atoms with Gasteiger partial charge in [-0.15, -0.1) is 11.8 Å². The van der Waals surface area contributed by atoms with Gasteiger partial charge in [0.1, 0.15) is 0 Å². The molecule has 1 fully saturated rings. The number of rotatable bonds is 3. The molecule has 0 unspecified atom stereocenters. The van der Waals surface area contributed by atoms with E-state index in [1.165, 1.54) is 0 Å². The molecule has 0 bridgehead atoms. The van der Waals surface area contributed by atoms with Crippen LogP contribution in [-0.2, 0) is 4.74 Å². The monoisotopic (exact) mass is 174 g/mol. The molecule has 0 saturated carbocycles. The second-order valence-electron chi connectivity index (χ2n) is 3.88. The van der Waals surface area contributed by atoms with Gasteiger partial charge in [-0.05, 0) is 11.2 Å². The molecule has 0 N–H and O–H groups in total. The van der Waals surface area contributed by atoms with E-state index < -0.39 is 0 Å². The fourth-order valence-corrected chi connectivity index (χ4v) is 2.82. The Morgan fingerprint density at radius 2 is 1.73 bits per heavy atom. The number of hydrogen-bond donors (Lipinski definition) is 0. The first-order chi connectivity index (χ1) is 5.07. The highest BCUT2D eigenvalue weighted by atomic mass is 32.2. The molecule has 0 aliphatic carbocycles. The van der Waals surface area contributed by atoms with Gasteiger partial charge >= 0.3 is 0 Å². The molecule has 0 amide bonds. The summed E-state index contributed by atoms with van der Waals surface area (Å²) in [5.74, 6) is 0.739. The molecule has 2 heteroatoms. The second kappa shape index (κ2) is 3.36. The Hall–Kier alpha value is 0.310. The summed E-state index contributed by atoms with van der Waals surface area (Å²) in [5.41, 5.74) is 0. The SMILES string of the molecule is CC(C)SC1(C(C)C)COC1. The van der Waals surface area contributed by atoms with Crippen LogP contribution in [0.5, 0.6) is 0 Å². The molecule has 1 aliphatic heterocycles. The van der Waals surface area contributed by atoms with E-state index in [2.05, 4.69) is 39.5 Å². The molecule has 1 saturated heterocycles. The summed E-state index contributed by atoms with van der Waals surface area (Å²) in [6.07, 6.45) is 0. The molecular weight excluding hydrogens is 156 g/mol. The van der Waals surface area contributed by atoms with E-state index in [0.717, 1.165) is 24.4 Å². The van der Waals surface area contributed by atoms with E-state index in [-0.39, 0.29) is 0 Å². The zero-order valence-electron chi connectivity index (χ0n) is 7.89. The van der Waals surface area contributed by atoms with Crippen LogP contribution in [0.15, 0.2) is 0 Å². The normalized spacial score (nSPS) is 22.4. The fourth-order valence-electron chi connectivity index (χ4n) is 1.31. The van der Waals surface area contributed by atoms with Crippen molar-refractivity contribution in [3.05, 3.63) is 0 Å².